The van der Waals surface area contributed by atoms with E-state index in [9.17, 15) is 18.8 Å². The van der Waals surface area contributed by atoms with Gasteiger partial charge in [-0.1, -0.05) is 25.3 Å². The summed E-state index contributed by atoms with van der Waals surface area (Å²) in [6.45, 7) is 7.96. The van der Waals surface area contributed by atoms with Gasteiger partial charge in [-0.2, -0.15) is 0 Å². The number of hydrogen-bond donors (Lipinski definition) is 1. The Kier molecular flexibility index (Phi) is 9.26. The van der Waals surface area contributed by atoms with Crippen molar-refractivity contribution < 1.29 is 38.1 Å². The molecule has 33 heavy (non-hydrogen) atoms. The molecule has 2 rings (SSSR count). The van der Waals surface area contributed by atoms with Gasteiger partial charge in [-0.3, -0.25) is 4.79 Å². The molecule has 0 heterocycles. The quantitative estimate of drug-likeness (QED) is 0.182. The Bertz CT molecular complexity index is 1080. The Morgan fingerprint density at radius 2 is 1.73 bits per heavy atom. The highest BCUT2D eigenvalue weighted by atomic mass is 19.1. The summed E-state index contributed by atoms with van der Waals surface area (Å²) in [5.41, 5.74) is 0.871. The SMILES string of the molecule is C=C(C)C(=O)OCCOc1ccc(C(=O)/C=C/c2ccc(OC(=O)C(=C)CO)c(F)c2)cc1. The minimum Gasteiger partial charge on any atom is -0.490 e. The Labute approximate surface area is 190 Å². The second-order valence-electron chi connectivity index (χ2n) is 6.83. The normalized spacial score (nSPS) is 10.5. The molecule has 1 N–H and O–H groups in total. The van der Waals surface area contributed by atoms with Gasteiger partial charge in [0.15, 0.2) is 17.3 Å². The highest BCUT2D eigenvalue weighted by molar-refractivity contribution is 6.06. The number of benzene rings is 2. The first-order valence-corrected chi connectivity index (χ1v) is 9.79. The van der Waals surface area contributed by atoms with Crippen LogP contribution in [-0.4, -0.2) is 42.6 Å². The summed E-state index contributed by atoms with van der Waals surface area (Å²) in [7, 11) is 0. The minimum atomic E-state index is -0.935. The molecule has 0 aliphatic rings. The number of ketones is 1. The van der Waals surface area contributed by atoms with E-state index in [1.54, 1.807) is 31.2 Å². The third kappa shape index (κ3) is 7.86. The van der Waals surface area contributed by atoms with Crippen LogP contribution in [0.1, 0.15) is 22.8 Å². The number of halogens is 1. The third-order valence-corrected chi connectivity index (χ3v) is 4.14. The molecule has 0 atom stereocenters. The number of ether oxygens (including phenoxy) is 3. The molecule has 0 spiro atoms. The Balaban J connectivity index is 1.91. The maximum absolute atomic E-state index is 14.1. The van der Waals surface area contributed by atoms with Crippen LogP contribution in [0.2, 0.25) is 0 Å². The molecular formula is C25H23FO7. The topological polar surface area (TPSA) is 99.1 Å². The highest BCUT2D eigenvalue weighted by Gasteiger charge is 2.12. The molecule has 2 aromatic rings. The molecule has 0 aliphatic heterocycles. The first-order valence-electron chi connectivity index (χ1n) is 9.79. The van der Waals surface area contributed by atoms with Gasteiger partial charge in [-0.15, -0.1) is 0 Å². The molecule has 0 radical (unpaired) electrons. The number of aliphatic hydroxyl groups excluding tert-OH is 1. The maximum atomic E-state index is 14.1. The van der Waals surface area contributed by atoms with Crippen LogP contribution in [0, 0.1) is 5.82 Å². The number of rotatable bonds is 11. The fraction of sp³-hybridized carbons (Fsp3) is 0.160. The van der Waals surface area contributed by atoms with Gasteiger partial charge in [-0.25, -0.2) is 14.0 Å². The van der Waals surface area contributed by atoms with E-state index in [1.807, 2.05) is 0 Å². The average Bonchev–Trinajstić information content (AvgIpc) is 2.81. The van der Waals surface area contributed by atoms with Gasteiger partial charge in [-0.05, 0) is 55.0 Å². The molecular weight excluding hydrogens is 431 g/mol. The molecule has 8 heteroatoms. The molecule has 0 bridgehead atoms. The second kappa shape index (κ2) is 12.1. The Morgan fingerprint density at radius 1 is 1.03 bits per heavy atom. The lowest BCUT2D eigenvalue weighted by Crippen LogP contribution is -2.13. The molecule has 7 nitrogen and oxygen atoms in total. The first kappa shape index (κ1) is 25.2. The molecule has 0 unspecified atom stereocenters. The number of esters is 2. The monoisotopic (exact) mass is 454 g/mol. The van der Waals surface area contributed by atoms with E-state index in [0.717, 1.165) is 6.07 Å². The van der Waals surface area contributed by atoms with E-state index in [2.05, 4.69) is 13.2 Å². The summed E-state index contributed by atoms with van der Waals surface area (Å²) in [5.74, 6) is -2.36. The number of hydrogen-bond acceptors (Lipinski definition) is 7. The molecule has 0 fully saturated rings. The first-order chi connectivity index (χ1) is 15.7. The van der Waals surface area contributed by atoms with Crippen LogP contribution in [0.3, 0.4) is 0 Å². The minimum absolute atomic E-state index is 0.0693. The summed E-state index contributed by atoms with van der Waals surface area (Å²) < 4.78 is 29.3. The van der Waals surface area contributed by atoms with Gasteiger partial charge in [0.2, 0.25) is 0 Å². The molecule has 0 aromatic heterocycles. The molecule has 2 aromatic carbocycles. The average molecular weight is 454 g/mol. The van der Waals surface area contributed by atoms with Crippen LogP contribution >= 0.6 is 0 Å². The predicted octanol–water partition coefficient (Wildman–Crippen LogP) is 3.67. The Morgan fingerprint density at radius 3 is 2.33 bits per heavy atom. The van der Waals surface area contributed by atoms with Crippen LogP contribution in [0.5, 0.6) is 11.5 Å². The van der Waals surface area contributed by atoms with E-state index in [4.69, 9.17) is 19.3 Å². The van der Waals surface area contributed by atoms with Crippen LogP contribution in [0.4, 0.5) is 4.39 Å². The predicted molar refractivity (Wildman–Crippen MR) is 119 cm³/mol. The lowest BCUT2D eigenvalue weighted by Gasteiger charge is -2.07. The van der Waals surface area contributed by atoms with Gasteiger partial charge >= 0.3 is 11.9 Å². The molecule has 172 valence electrons. The van der Waals surface area contributed by atoms with E-state index in [-0.39, 0.29) is 30.3 Å². The van der Waals surface area contributed by atoms with Crippen molar-refractivity contribution in [3.8, 4) is 11.5 Å². The van der Waals surface area contributed by atoms with E-state index in [0.29, 0.717) is 22.4 Å². The number of aliphatic hydroxyl groups is 1. The summed E-state index contributed by atoms with van der Waals surface area (Å²) in [4.78, 5) is 35.2. The molecule has 0 saturated carbocycles. The maximum Gasteiger partial charge on any atom is 0.341 e. The van der Waals surface area contributed by atoms with Crippen molar-refractivity contribution in [3.63, 3.8) is 0 Å². The van der Waals surface area contributed by atoms with Gasteiger partial charge < -0.3 is 19.3 Å². The van der Waals surface area contributed by atoms with Crippen LogP contribution in [0.15, 0.2) is 72.8 Å². The van der Waals surface area contributed by atoms with Crippen molar-refractivity contribution >= 4 is 23.8 Å². The van der Waals surface area contributed by atoms with E-state index < -0.39 is 24.4 Å². The van der Waals surface area contributed by atoms with Crippen molar-refractivity contribution in [2.75, 3.05) is 19.8 Å². The fourth-order valence-corrected chi connectivity index (χ4v) is 2.34. The zero-order valence-corrected chi connectivity index (χ0v) is 18.0. The fourth-order valence-electron chi connectivity index (χ4n) is 2.34. The van der Waals surface area contributed by atoms with Crippen molar-refractivity contribution in [1.82, 2.24) is 0 Å². The number of carbonyl (C=O) groups excluding carboxylic acids is 3. The lowest BCUT2D eigenvalue weighted by atomic mass is 10.1. The second-order valence-corrected chi connectivity index (χ2v) is 6.83. The van der Waals surface area contributed by atoms with Gasteiger partial charge in [0.25, 0.3) is 0 Å². The van der Waals surface area contributed by atoms with Crippen molar-refractivity contribution in [2.45, 2.75) is 6.92 Å². The van der Waals surface area contributed by atoms with Crippen LogP contribution < -0.4 is 9.47 Å². The highest BCUT2D eigenvalue weighted by Crippen LogP contribution is 2.20. The van der Waals surface area contributed by atoms with E-state index in [1.165, 1.54) is 24.3 Å². The van der Waals surface area contributed by atoms with Gasteiger partial charge in [0.1, 0.15) is 19.0 Å². The summed E-state index contributed by atoms with van der Waals surface area (Å²) in [6.07, 6.45) is 2.70. The largest absolute Gasteiger partial charge is 0.490 e. The molecule has 0 aliphatic carbocycles. The van der Waals surface area contributed by atoms with Gasteiger partial charge in [0, 0.05) is 11.1 Å². The standard InChI is InChI=1S/C25H23FO7/c1-16(2)24(29)32-13-12-31-20-8-6-19(7-9-20)22(28)10-4-18-5-11-23(21(26)14-18)33-25(30)17(3)15-27/h4-11,14,27H,1,3,12-13,15H2,2H3/b10-4+. The van der Waals surface area contributed by atoms with Crippen molar-refractivity contribution in [2.24, 2.45) is 0 Å². The molecule has 0 amide bonds. The zero-order chi connectivity index (χ0) is 24.4. The van der Waals surface area contributed by atoms with E-state index >= 15 is 0 Å². The Hall–Kier alpha value is -4.04. The summed E-state index contributed by atoms with van der Waals surface area (Å²) in [5, 5.41) is 8.85. The van der Waals surface area contributed by atoms with Crippen LogP contribution in [0.25, 0.3) is 6.08 Å². The summed E-state index contributed by atoms with van der Waals surface area (Å²) in [6, 6.07) is 10.1. The van der Waals surface area contributed by atoms with Crippen LogP contribution in [-0.2, 0) is 14.3 Å². The van der Waals surface area contributed by atoms with Crippen molar-refractivity contribution in [1.29, 1.82) is 0 Å². The lowest BCUT2D eigenvalue weighted by molar-refractivity contribution is -0.139. The van der Waals surface area contributed by atoms with Gasteiger partial charge in [0.05, 0.1) is 12.2 Å². The smallest absolute Gasteiger partial charge is 0.341 e. The number of carbonyl (C=O) groups is 3. The number of allylic oxidation sites excluding steroid dienone is 1. The third-order valence-electron chi connectivity index (χ3n) is 4.14. The molecule has 0 saturated heterocycles. The summed E-state index contributed by atoms with van der Waals surface area (Å²) >= 11 is 0. The van der Waals surface area contributed by atoms with Crippen molar-refractivity contribution in [3.05, 3.63) is 89.8 Å². The zero-order valence-electron chi connectivity index (χ0n) is 18.0.